The molecule has 0 aliphatic rings. The molecule has 2 aromatic rings. The lowest BCUT2D eigenvalue weighted by molar-refractivity contribution is 0.362. The summed E-state index contributed by atoms with van der Waals surface area (Å²) < 4.78 is 31.3. The van der Waals surface area contributed by atoms with Crippen LogP contribution in [0.5, 0.6) is 5.75 Å². The van der Waals surface area contributed by atoms with Crippen LogP contribution in [0.15, 0.2) is 10.9 Å². The van der Waals surface area contributed by atoms with Gasteiger partial charge in [0, 0.05) is 0 Å². The van der Waals surface area contributed by atoms with Crippen molar-refractivity contribution in [1.29, 1.82) is 0 Å². The Kier molecular flexibility index (Phi) is 1.99. The normalized spacial score (nSPS) is 10.8. The Morgan fingerprint density at radius 1 is 1.50 bits per heavy atom. The topological polar surface area (TPSA) is 42.1 Å². The van der Waals surface area contributed by atoms with E-state index in [1.807, 2.05) is 0 Å². The van der Waals surface area contributed by atoms with Gasteiger partial charge in [-0.3, -0.25) is 4.79 Å². The molecule has 0 aliphatic carbocycles. The van der Waals surface area contributed by atoms with Crippen LogP contribution in [0.2, 0.25) is 0 Å². The molecule has 0 saturated carbocycles. The molecule has 0 atom stereocenters. The highest BCUT2D eigenvalue weighted by atomic mass is 32.1. The second-order valence-electron chi connectivity index (χ2n) is 2.59. The number of benzene rings is 1. The zero-order valence-electron chi connectivity index (χ0n) is 7.06. The average molecular weight is 217 g/mol. The third-order valence-corrected chi connectivity index (χ3v) is 2.60. The molecule has 0 radical (unpaired) electrons. The molecule has 6 heteroatoms. The van der Waals surface area contributed by atoms with E-state index in [9.17, 15) is 13.6 Å². The number of ether oxygens (including phenoxy) is 1. The predicted octanol–water partition coefficient (Wildman–Crippen LogP) is 1.88. The summed E-state index contributed by atoms with van der Waals surface area (Å²) in [4.78, 5) is 12.7. The van der Waals surface area contributed by atoms with Crippen LogP contribution in [0.3, 0.4) is 0 Å². The van der Waals surface area contributed by atoms with E-state index in [4.69, 9.17) is 0 Å². The number of fused-ring (bicyclic) bond motifs is 1. The van der Waals surface area contributed by atoms with Crippen molar-refractivity contribution in [3.63, 3.8) is 0 Å². The van der Waals surface area contributed by atoms with Crippen molar-refractivity contribution in [2.24, 2.45) is 0 Å². The van der Waals surface area contributed by atoms with E-state index < -0.39 is 22.3 Å². The molecule has 0 spiro atoms. The highest BCUT2D eigenvalue weighted by Gasteiger charge is 2.16. The second kappa shape index (κ2) is 3.06. The number of hydrogen-bond donors (Lipinski definition) is 1. The van der Waals surface area contributed by atoms with Crippen LogP contribution in [0.1, 0.15) is 0 Å². The standard InChI is InChI=1S/C8H5F2NO2S/c1-13-7-3(9)2-4-6(5(7)10)11-8(12)14-4/h2H,1H3,(H,11,12). The Bertz CT molecular complexity index is 546. The predicted molar refractivity (Wildman–Crippen MR) is 48.9 cm³/mol. The number of rotatable bonds is 1. The van der Waals surface area contributed by atoms with E-state index in [2.05, 4.69) is 9.72 Å². The third kappa shape index (κ3) is 1.19. The lowest BCUT2D eigenvalue weighted by Gasteiger charge is -2.02. The molecule has 3 nitrogen and oxygen atoms in total. The van der Waals surface area contributed by atoms with Gasteiger partial charge < -0.3 is 9.72 Å². The first-order valence-electron chi connectivity index (χ1n) is 3.68. The smallest absolute Gasteiger partial charge is 0.305 e. The SMILES string of the molecule is COc1c(F)cc2sc(=O)[nH]c2c1F. The molecular formula is C8H5F2NO2S. The number of thiazole rings is 1. The minimum absolute atomic E-state index is 0.0155. The summed E-state index contributed by atoms with van der Waals surface area (Å²) in [5.41, 5.74) is -0.0155. The molecule has 1 aromatic carbocycles. The van der Waals surface area contributed by atoms with Crippen molar-refractivity contribution < 1.29 is 13.5 Å². The van der Waals surface area contributed by atoms with E-state index >= 15 is 0 Å². The molecule has 0 unspecified atom stereocenters. The minimum atomic E-state index is -0.874. The van der Waals surface area contributed by atoms with Crippen molar-refractivity contribution in [2.75, 3.05) is 7.11 Å². The summed E-state index contributed by atoms with van der Waals surface area (Å²) in [6.45, 7) is 0. The first-order chi connectivity index (χ1) is 6.63. The van der Waals surface area contributed by atoms with Gasteiger partial charge in [-0.15, -0.1) is 0 Å². The quantitative estimate of drug-likeness (QED) is 0.792. The fraction of sp³-hybridized carbons (Fsp3) is 0.125. The molecule has 0 fully saturated rings. The van der Waals surface area contributed by atoms with E-state index in [1.165, 1.54) is 0 Å². The summed E-state index contributed by atoms with van der Waals surface area (Å²) in [6, 6.07) is 1.07. The third-order valence-electron chi connectivity index (χ3n) is 1.77. The van der Waals surface area contributed by atoms with Gasteiger partial charge in [-0.2, -0.15) is 0 Å². The Hall–Kier alpha value is -1.43. The molecule has 0 aliphatic heterocycles. The van der Waals surface area contributed by atoms with Gasteiger partial charge in [0.2, 0.25) is 0 Å². The molecule has 14 heavy (non-hydrogen) atoms. The van der Waals surface area contributed by atoms with Crippen molar-refractivity contribution in [2.45, 2.75) is 0 Å². The van der Waals surface area contributed by atoms with Crippen LogP contribution in [-0.2, 0) is 0 Å². The summed E-state index contributed by atoms with van der Waals surface area (Å²) in [5.74, 6) is -2.17. The lowest BCUT2D eigenvalue weighted by Crippen LogP contribution is -1.95. The first-order valence-corrected chi connectivity index (χ1v) is 4.50. The van der Waals surface area contributed by atoms with E-state index in [-0.39, 0.29) is 10.2 Å². The van der Waals surface area contributed by atoms with Crippen LogP contribution in [-0.4, -0.2) is 12.1 Å². The molecule has 0 bridgehead atoms. The van der Waals surface area contributed by atoms with Gasteiger partial charge in [-0.05, 0) is 6.07 Å². The molecule has 1 N–H and O–H groups in total. The van der Waals surface area contributed by atoms with Gasteiger partial charge >= 0.3 is 4.87 Å². The molecule has 0 saturated heterocycles. The summed E-state index contributed by atoms with van der Waals surface area (Å²) in [7, 11) is 1.16. The maximum atomic E-state index is 13.4. The maximum Gasteiger partial charge on any atom is 0.305 e. The summed E-state index contributed by atoms with van der Waals surface area (Å²) >= 11 is 0.753. The number of H-pyrrole nitrogens is 1. The minimum Gasteiger partial charge on any atom is -0.491 e. The van der Waals surface area contributed by atoms with Gasteiger partial charge in [-0.1, -0.05) is 11.3 Å². The molecule has 0 amide bonds. The summed E-state index contributed by atoms with van der Waals surface area (Å²) in [6.07, 6.45) is 0. The highest BCUT2D eigenvalue weighted by Crippen LogP contribution is 2.29. The van der Waals surface area contributed by atoms with Gasteiger partial charge in [0.1, 0.15) is 0 Å². The van der Waals surface area contributed by atoms with Gasteiger partial charge in [-0.25, -0.2) is 8.78 Å². The van der Waals surface area contributed by atoms with E-state index in [0.29, 0.717) is 0 Å². The molecular weight excluding hydrogens is 212 g/mol. The Morgan fingerprint density at radius 2 is 2.21 bits per heavy atom. The molecule has 74 valence electrons. The van der Waals surface area contributed by atoms with E-state index in [0.717, 1.165) is 24.5 Å². The highest BCUT2D eigenvalue weighted by molar-refractivity contribution is 7.16. The van der Waals surface area contributed by atoms with Crippen molar-refractivity contribution in [1.82, 2.24) is 4.98 Å². The van der Waals surface area contributed by atoms with Gasteiger partial charge in [0.25, 0.3) is 0 Å². The van der Waals surface area contributed by atoms with Crippen LogP contribution < -0.4 is 9.61 Å². The zero-order chi connectivity index (χ0) is 10.3. The number of aromatic nitrogens is 1. The number of nitrogens with one attached hydrogen (secondary N) is 1. The van der Waals surface area contributed by atoms with Crippen LogP contribution >= 0.6 is 11.3 Å². The fourth-order valence-corrected chi connectivity index (χ4v) is 1.95. The Morgan fingerprint density at radius 3 is 2.86 bits per heavy atom. The summed E-state index contributed by atoms with van der Waals surface area (Å²) in [5, 5.41) is 0. The largest absolute Gasteiger partial charge is 0.491 e. The van der Waals surface area contributed by atoms with Crippen LogP contribution in [0, 0.1) is 11.6 Å². The zero-order valence-corrected chi connectivity index (χ0v) is 7.87. The number of halogens is 2. The maximum absolute atomic E-state index is 13.4. The van der Waals surface area contributed by atoms with Gasteiger partial charge in [0.15, 0.2) is 17.4 Å². The fourth-order valence-electron chi connectivity index (χ4n) is 1.19. The second-order valence-corrected chi connectivity index (χ2v) is 3.61. The van der Waals surface area contributed by atoms with Crippen LogP contribution in [0.25, 0.3) is 10.2 Å². The Labute approximate surface area is 80.9 Å². The van der Waals surface area contributed by atoms with Crippen molar-refractivity contribution >= 4 is 21.6 Å². The Balaban J connectivity index is 2.91. The van der Waals surface area contributed by atoms with E-state index in [1.54, 1.807) is 0 Å². The molecule has 2 rings (SSSR count). The number of hydrogen-bond acceptors (Lipinski definition) is 3. The first kappa shape index (κ1) is 9.14. The molecule has 1 aromatic heterocycles. The van der Waals surface area contributed by atoms with Crippen LogP contribution in [0.4, 0.5) is 8.78 Å². The number of aromatic amines is 1. The monoisotopic (exact) mass is 217 g/mol. The van der Waals surface area contributed by atoms with Crippen molar-refractivity contribution in [3.8, 4) is 5.75 Å². The van der Waals surface area contributed by atoms with Gasteiger partial charge in [0.05, 0.1) is 17.3 Å². The van der Waals surface area contributed by atoms with Crippen molar-refractivity contribution in [3.05, 3.63) is 27.4 Å². The number of methoxy groups -OCH3 is 1. The lowest BCUT2D eigenvalue weighted by atomic mass is 10.3. The average Bonchev–Trinajstić information content (AvgIpc) is 2.47. The molecule has 1 heterocycles.